The number of rotatable bonds is 6. The molecule has 0 aliphatic carbocycles. The summed E-state index contributed by atoms with van der Waals surface area (Å²) in [6.45, 7) is 5.67. The summed E-state index contributed by atoms with van der Waals surface area (Å²) < 4.78 is 34.9. The normalized spacial score (nSPS) is 17.1. The number of hydrogen-bond acceptors (Lipinski definition) is 5. The number of amides is 1. The van der Waals surface area contributed by atoms with Crippen LogP contribution in [0.1, 0.15) is 30.3 Å². The standard InChI is InChI=1S/C25H30N4O4S/c1-2-29-23-8-7-21(34(31,32)28-13-15-33-16-14-28)17-22(23)26-24(29)9-10-25(30)27-12-11-19-5-3-4-6-20(19)18-27/h3-8,17H,2,9-16,18H2,1H3. The Balaban J connectivity index is 1.33. The third-order valence-electron chi connectivity index (χ3n) is 6.77. The van der Waals surface area contributed by atoms with Crippen molar-refractivity contribution in [3.8, 4) is 0 Å². The smallest absolute Gasteiger partial charge is 0.243 e. The highest BCUT2D eigenvalue weighted by Crippen LogP contribution is 2.25. The molecule has 0 N–H and O–H groups in total. The zero-order chi connectivity index (χ0) is 23.7. The number of ether oxygens (including phenoxy) is 1. The first-order chi connectivity index (χ1) is 16.5. The topological polar surface area (TPSA) is 84.7 Å². The Morgan fingerprint density at radius 2 is 1.82 bits per heavy atom. The van der Waals surface area contributed by atoms with Gasteiger partial charge in [0.1, 0.15) is 5.82 Å². The van der Waals surface area contributed by atoms with Gasteiger partial charge in [-0.05, 0) is 42.7 Å². The Labute approximate surface area is 200 Å². The molecule has 3 heterocycles. The predicted octanol–water partition coefficient (Wildman–Crippen LogP) is 2.59. The van der Waals surface area contributed by atoms with Crippen molar-refractivity contribution in [3.63, 3.8) is 0 Å². The van der Waals surface area contributed by atoms with Crippen LogP contribution in [-0.2, 0) is 45.5 Å². The summed E-state index contributed by atoms with van der Waals surface area (Å²) in [6, 6.07) is 13.4. The highest BCUT2D eigenvalue weighted by Gasteiger charge is 2.27. The van der Waals surface area contributed by atoms with Gasteiger partial charge in [-0.2, -0.15) is 4.31 Å². The number of carbonyl (C=O) groups is 1. The van der Waals surface area contributed by atoms with Crippen LogP contribution >= 0.6 is 0 Å². The molecule has 1 fully saturated rings. The summed E-state index contributed by atoms with van der Waals surface area (Å²) in [4.78, 5) is 19.9. The van der Waals surface area contributed by atoms with E-state index in [4.69, 9.17) is 9.72 Å². The van der Waals surface area contributed by atoms with Crippen LogP contribution in [-0.4, -0.2) is 65.9 Å². The Kier molecular flexibility index (Phi) is 6.42. The largest absolute Gasteiger partial charge is 0.379 e. The van der Waals surface area contributed by atoms with Crippen LogP contribution in [0.25, 0.3) is 11.0 Å². The van der Waals surface area contributed by atoms with Crippen molar-refractivity contribution in [1.29, 1.82) is 0 Å². The summed E-state index contributed by atoms with van der Waals surface area (Å²) >= 11 is 0. The van der Waals surface area contributed by atoms with Crippen LogP contribution in [0.5, 0.6) is 0 Å². The molecule has 2 aromatic carbocycles. The number of morpholine rings is 1. The minimum atomic E-state index is -3.59. The van der Waals surface area contributed by atoms with Gasteiger partial charge in [0, 0.05) is 45.6 Å². The molecule has 0 unspecified atom stereocenters. The van der Waals surface area contributed by atoms with Crippen LogP contribution in [0.2, 0.25) is 0 Å². The lowest BCUT2D eigenvalue weighted by atomic mass is 9.99. The van der Waals surface area contributed by atoms with Crippen molar-refractivity contribution >= 4 is 27.0 Å². The molecule has 2 aliphatic heterocycles. The monoisotopic (exact) mass is 482 g/mol. The van der Waals surface area contributed by atoms with E-state index >= 15 is 0 Å². The summed E-state index contributed by atoms with van der Waals surface area (Å²) in [5.74, 6) is 0.934. The molecule has 0 spiro atoms. The van der Waals surface area contributed by atoms with E-state index in [9.17, 15) is 13.2 Å². The number of sulfonamides is 1. The maximum absolute atomic E-state index is 13.1. The molecule has 8 nitrogen and oxygen atoms in total. The Bertz CT molecular complexity index is 1310. The maximum Gasteiger partial charge on any atom is 0.243 e. The van der Waals surface area contributed by atoms with Gasteiger partial charge in [0.2, 0.25) is 15.9 Å². The summed E-state index contributed by atoms with van der Waals surface area (Å²) in [5, 5.41) is 0. The fourth-order valence-electron chi connectivity index (χ4n) is 4.89. The van der Waals surface area contributed by atoms with E-state index in [1.807, 2.05) is 30.0 Å². The second kappa shape index (κ2) is 9.48. The van der Waals surface area contributed by atoms with Gasteiger partial charge >= 0.3 is 0 Å². The first-order valence-corrected chi connectivity index (χ1v) is 13.3. The lowest BCUT2D eigenvalue weighted by Crippen LogP contribution is -2.40. The van der Waals surface area contributed by atoms with Crippen molar-refractivity contribution in [3.05, 3.63) is 59.4 Å². The molecule has 1 saturated heterocycles. The second-order valence-electron chi connectivity index (χ2n) is 8.77. The maximum atomic E-state index is 13.1. The molecule has 0 bridgehead atoms. The van der Waals surface area contributed by atoms with Crippen molar-refractivity contribution < 1.29 is 17.9 Å². The van der Waals surface area contributed by atoms with Gasteiger partial charge in [0.05, 0.1) is 29.1 Å². The molecule has 180 valence electrons. The highest BCUT2D eigenvalue weighted by molar-refractivity contribution is 7.89. The molecule has 3 aromatic rings. The van der Waals surface area contributed by atoms with Gasteiger partial charge < -0.3 is 14.2 Å². The minimum Gasteiger partial charge on any atom is -0.379 e. The number of benzene rings is 2. The van der Waals surface area contributed by atoms with Gasteiger partial charge in [-0.15, -0.1) is 0 Å². The van der Waals surface area contributed by atoms with E-state index in [2.05, 4.69) is 16.7 Å². The summed E-state index contributed by atoms with van der Waals surface area (Å²) in [5.41, 5.74) is 4.07. The van der Waals surface area contributed by atoms with Gasteiger partial charge in [-0.25, -0.2) is 13.4 Å². The zero-order valence-corrected chi connectivity index (χ0v) is 20.3. The van der Waals surface area contributed by atoms with Crippen molar-refractivity contribution in [1.82, 2.24) is 18.8 Å². The van der Waals surface area contributed by atoms with Gasteiger partial charge in [-0.1, -0.05) is 24.3 Å². The molecule has 0 saturated carbocycles. The molecule has 0 radical (unpaired) electrons. The van der Waals surface area contributed by atoms with Crippen LogP contribution in [0, 0.1) is 0 Å². The van der Waals surface area contributed by atoms with Crippen molar-refractivity contribution in [2.24, 2.45) is 0 Å². The SMILES string of the molecule is CCn1c(CCC(=O)N2CCc3ccccc3C2)nc2cc(S(=O)(=O)N3CCOCC3)ccc21. The van der Waals surface area contributed by atoms with E-state index in [0.29, 0.717) is 57.8 Å². The molecular formula is C25H30N4O4S. The fraction of sp³-hybridized carbons (Fsp3) is 0.440. The molecule has 9 heteroatoms. The number of nitrogens with zero attached hydrogens (tertiary/aromatic N) is 4. The fourth-order valence-corrected chi connectivity index (χ4v) is 6.31. The Hall–Kier alpha value is -2.75. The van der Waals surface area contributed by atoms with E-state index in [0.717, 1.165) is 24.3 Å². The number of carbonyl (C=O) groups excluding carboxylic acids is 1. The molecule has 1 amide bonds. The number of aryl methyl sites for hydroxylation is 2. The van der Waals surface area contributed by atoms with Crippen molar-refractivity contribution in [2.75, 3.05) is 32.8 Å². The zero-order valence-electron chi connectivity index (χ0n) is 19.4. The first kappa shape index (κ1) is 23.0. The lowest BCUT2D eigenvalue weighted by Gasteiger charge is -2.29. The summed E-state index contributed by atoms with van der Waals surface area (Å²) in [6.07, 6.45) is 1.78. The average molecular weight is 483 g/mol. The first-order valence-electron chi connectivity index (χ1n) is 11.9. The average Bonchev–Trinajstić information content (AvgIpc) is 3.24. The van der Waals surface area contributed by atoms with E-state index in [-0.39, 0.29) is 10.8 Å². The van der Waals surface area contributed by atoms with Crippen LogP contribution < -0.4 is 0 Å². The second-order valence-corrected chi connectivity index (χ2v) is 10.7. The number of imidazole rings is 1. The number of aromatic nitrogens is 2. The summed E-state index contributed by atoms with van der Waals surface area (Å²) in [7, 11) is -3.59. The van der Waals surface area contributed by atoms with Crippen LogP contribution in [0.15, 0.2) is 47.4 Å². The third kappa shape index (κ3) is 4.35. The van der Waals surface area contributed by atoms with Gasteiger partial charge in [0.25, 0.3) is 0 Å². The molecule has 5 rings (SSSR count). The van der Waals surface area contributed by atoms with E-state index in [1.54, 1.807) is 12.1 Å². The number of hydrogen-bond donors (Lipinski definition) is 0. The molecule has 2 aliphatic rings. The predicted molar refractivity (Wildman–Crippen MR) is 129 cm³/mol. The Morgan fingerprint density at radius 3 is 2.59 bits per heavy atom. The Morgan fingerprint density at radius 1 is 1.06 bits per heavy atom. The van der Waals surface area contributed by atoms with Crippen molar-refractivity contribution in [2.45, 2.75) is 44.2 Å². The molecule has 0 atom stereocenters. The quantitative estimate of drug-likeness (QED) is 0.539. The highest BCUT2D eigenvalue weighted by atomic mass is 32.2. The van der Waals surface area contributed by atoms with Gasteiger partial charge in [-0.3, -0.25) is 4.79 Å². The molecular weight excluding hydrogens is 452 g/mol. The molecule has 34 heavy (non-hydrogen) atoms. The van der Waals surface area contributed by atoms with Gasteiger partial charge in [0.15, 0.2) is 0 Å². The number of fused-ring (bicyclic) bond motifs is 2. The lowest BCUT2D eigenvalue weighted by molar-refractivity contribution is -0.132. The third-order valence-corrected chi connectivity index (χ3v) is 8.66. The van der Waals surface area contributed by atoms with E-state index in [1.165, 1.54) is 15.4 Å². The van der Waals surface area contributed by atoms with Crippen LogP contribution in [0.4, 0.5) is 0 Å². The van der Waals surface area contributed by atoms with E-state index < -0.39 is 10.0 Å². The molecule has 1 aromatic heterocycles. The van der Waals surface area contributed by atoms with Crippen LogP contribution in [0.3, 0.4) is 0 Å². The minimum absolute atomic E-state index is 0.125.